The van der Waals surface area contributed by atoms with Crippen molar-refractivity contribution < 1.29 is 4.79 Å². The van der Waals surface area contributed by atoms with E-state index in [4.69, 9.17) is 11.6 Å². The van der Waals surface area contributed by atoms with E-state index in [1.165, 1.54) is 0 Å². The molecule has 2 aromatic heterocycles. The Morgan fingerprint density at radius 2 is 2.00 bits per heavy atom. The average Bonchev–Trinajstić information content (AvgIpc) is 3.21. The second-order valence-electron chi connectivity index (χ2n) is 6.43. The maximum absolute atomic E-state index is 12.2. The monoisotopic (exact) mass is 387 g/mol. The summed E-state index contributed by atoms with van der Waals surface area (Å²) in [6.45, 7) is 4.09. The molecule has 134 valence electrons. The summed E-state index contributed by atoms with van der Waals surface area (Å²) in [6.07, 6.45) is 3.67. The third-order valence-electron chi connectivity index (χ3n) is 4.32. The van der Waals surface area contributed by atoms with E-state index in [9.17, 15) is 4.79 Å². The van der Waals surface area contributed by atoms with Crippen LogP contribution in [0.25, 0.3) is 11.3 Å². The number of H-pyrrole nitrogens is 1. The summed E-state index contributed by atoms with van der Waals surface area (Å²) >= 11 is 7.59. The van der Waals surface area contributed by atoms with Crippen molar-refractivity contribution in [2.75, 3.05) is 11.1 Å². The summed E-state index contributed by atoms with van der Waals surface area (Å²) in [4.78, 5) is 12.2. The van der Waals surface area contributed by atoms with Gasteiger partial charge in [-0.2, -0.15) is 10.2 Å². The molecule has 2 N–H and O–H groups in total. The molecule has 1 aliphatic rings. The van der Waals surface area contributed by atoms with Gasteiger partial charge in [0.2, 0.25) is 5.91 Å². The van der Waals surface area contributed by atoms with Crippen LogP contribution in [-0.4, -0.2) is 31.6 Å². The molecule has 4 rings (SSSR count). The van der Waals surface area contributed by atoms with E-state index < -0.39 is 0 Å². The van der Waals surface area contributed by atoms with Gasteiger partial charge in [-0.1, -0.05) is 23.7 Å². The predicted octanol–water partition coefficient (Wildman–Crippen LogP) is 4.28. The van der Waals surface area contributed by atoms with Crippen LogP contribution in [0, 0.1) is 0 Å². The molecular weight excluding hydrogens is 370 g/mol. The van der Waals surface area contributed by atoms with Gasteiger partial charge in [0.15, 0.2) is 0 Å². The lowest BCUT2D eigenvalue weighted by molar-refractivity contribution is -0.113. The van der Waals surface area contributed by atoms with E-state index in [2.05, 4.69) is 20.6 Å². The van der Waals surface area contributed by atoms with Gasteiger partial charge >= 0.3 is 0 Å². The molecule has 3 heterocycles. The number of nitrogens with one attached hydrogen (secondary N) is 2. The molecule has 0 spiro atoms. The number of amides is 1. The van der Waals surface area contributed by atoms with Crippen LogP contribution in [0.4, 0.5) is 5.82 Å². The highest BCUT2D eigenvalue weighted by atomic mass is 35.5. The molecule has 3 aromatic rings. The van der Waals surface area contributed by atoms with Crippen molar-refractivity contribution in [1.29, 1.82) is 0 Å². The van der Waals surface area contributed by atoms with Crippen LogP contribution in [0.1, 0.15) is 36.3 Å². The molecular formula is C18H18ClN5OS. The lowest BCUT2D eigenvalue weighted by Gasteiger charge is -2.15. The maximum atomic E-state index is 12.2. The molecule has 6 nitrogen and oxygen atoms in total. The summed E-state index contributed by atoms with van der Waals surface area (Å²) < 4.78 is 1.86. The van der Waals surface area contributed by atoms with Crippen LogP contribution < -0.4 is 5.32 Å². The first-order chi connectivity index (χ1) is 12.5. The predicted molar refractivity (Wildman–Crippen MR) is 105 cm³/mol. The van der Waals surface area contributed by atoms with E-state index in [-0.39, 0.29) is 17.2 Å². The summed E-state index contributed by atoms with van der Waals surface area (Å²) in [5, 5.41) is 15.5. The van der Waals surface area contributed by atoms with E-state index >= 15 is 0 Å². The molecule has 0 saturated heterocycles. The lowest BCUT2D eigenvalue weighted by Crippen LogP contribution is -2.17. The van der Waals surface area contributed by atoms with E-state index in [1.54, 1.807) is 11.8 Å². The van der Waals surface area contributed by atoms with Crippen LogP contribution in [0.2, 0.25) is 5.02 Å². The Labute approximate surface area is 160 Å². The number of aromatic nitrogens is 4. The van der Waals surface area contributed by atoms with Crippen molar-refractivity contribution in [2.45, 2.75) is 25.1 Å². The number of anilines is 1. The summed E-state index contributed by atoms with van der Waals surface area (Å²) in [5.41, 5.74) is 3.95. The minimum atomic E-state index is -0.0409. The Balaban J connectivity index is 1.81. The zero-order valence-corrected chi connectivity index (χ0v) is 15.9. The number of benzene rings is 1. The van der Waals surface area contributed by atoms with Crippen molar-refractivity contribution in [2.24, 2.45) is 0 Å². The standard InChI is InChI=1S/C18H18ClN5OS/c1-10(2)24-18-14(8-21-24)17(26-9-15(25)22-18)13-7-20-23-16(13)11-3-5-12(19)6-4-11/h3-8,10,17H,9H2,1-2H3,(H,20,23)(H,22,25)/t17-/m1/s1. The topological polar surface area (TPSA) is 75.6 Å². The number of carbonyl (C=O) groups excluding carboxylic acids is 1. The Kier molecular flexibility index (Phi) is 4.50. The fourth-order valence-corrected chi connectivity index (χ4v) is 4.33. The first kappa shape index (κ1) is 17.2. The molecule has 0 bridgehead atoms. The average molecular weight is 388 g/mol. The highest BCUT2D eigenvalue weighted by Crippen LogP contribution is 2.44. The number of hydrogen-bond donors (Lipinski definition) is 2. The SMILES string of the molecule is CC(C)n1ncc2c1NC(=O)CS[C@@H]2c1cn[nH]c1-c1ccc(Cl)cc1. The Morgan fingerprint density at radius 1 is 1.23 bits per heavy atom. The molecule has 0 saturated carbocycles. The molecule has 1 aromatic carbocycles. The van der Waals surface area contributed by atoms with Gasteiger partial charge in [-0.25, -0.2) is 4.68 Å². The van der Waals surface area contributed by atoms with Crippen LogP contribution in [0.15, 0.2) is 36.7 Å². The highest BCUT2D eigenvalue weighted by Gasteiger charge is 2.30. The first-order valence-corrected chi connectivity index (χ1v) is 9.75. The maximum Gasteiger partial charge on any atom is 0.235 e. The van der Waals surface area contributed by atoms with Gasteiger partial charge < -0.3 is 5.32 Å². The van der Waals surface area contributed by atoms with Crippen LogP contribution >= 0.6 is 23.4 Å². The van der Waals surface area contributed by atoms with Gasteiger partial charge in [-0.05, 0) is 31.5 Å². The minimum absolute atomic E-state index is 0.0160. The fraction of sp³-hybridized carbons (Fsp3) is 0.278. The third-order valence-corrected chi connectivity index (χ3v) is 5.84. The van der Waals surface area contributed by atoms with E-state index in [0.29, 0.717) is 10.8 Å². The molecule has 0 aliphatic carbocycles. The van der Waals surface area contributed by atoms with Crippen LogP contribution in [0.3, 0.4) is 0 Å². The molecule has 1 atom stereocenters. The third kappa shape index (κ3) is 3.01. The summed E-state index contributed by atoms with van der Waals surface area (Å²) in [6, 6.07) is 7.79. The summed E-state index contributed by atoms with van der Waals surface area (Å²) in [7, 11) is 0. The first-order valence-electron chi connectivity index (χ1n) is 8.32. The van der Waals surface area contributed by atoms with Crippen molar-refractivity contribution in [3.05, 3.63) is 52.8 Å². The van der Waals surface area contributed by atoms with Crippen LogP contribution in [0.5, 0.6) is 0 Å². The number of thioether (sulfide) groups is 1. The quantitative estimate of drug-likeness (QED) is 0.703. The lowest BCUT2D eigenvalue weighted by atomic mass is 10.0. The number of fused-ring (bicyclic) bond motifs is 1. The molecule has 0 radical (unpaired) electrons. The second-order valence-corrected chi connectivity index (χ2v) is 7.96. The van der Waals surface area contributed by atoms with Crippen molar-refractivity contribution >= 4 is 35.1 Å². The number of nitrogens with zero attached hydrogens (tertiary/aromatic N) is 3. The van der Waals surface area contributed by atoms with E-state index in [0.717, 1.165) is 28.2 Å². The van der Waals surface area contributed by atoms with Gasteiger partial charge in [-0.15, -0.1) is 11.8 Å². The van der Waals surface area contributed by atoms with Crippen molar-refractivity contribution in [1.82, 2.24) is 20.0 Å². The second kappa shape index (κ2) is 6.81. The number of aromatic amines is 1. The minimum Gasteiger partial charge on any atom is -0.310 e. The number of rotatable bonds is 3. The highest BCUT2D eigenvalue weighted by molar-refractivity contribution is 8.00. The normalized spacial score (nSPS) is 17.1. The van der Waals surface area contributed by atoms with Gasteiger partial charge in [0.1, 0.15) is 5.82 Å². The van der Waals surface area contributed by atoms with Crippen molar-refractivity contribution in [3.63, 3.8) is 0 Å². The van der Waals surface area contributed by atoms with Gasteiger partial charge in [0, 0.05) is 22.2 Å². The molecule has 26 heavy (non-hydrogen) atoms. The molecule has 0 fully saturated rings. The zero-order chi connectivity index (χ0) is 18.3. The van der Waals surface area contributed by atoms with Crippen molar-refractivity contribution in [3.8, 4) is 11.3 Å². The Bertz CT molecular complexity index is 947. The number of carbonyl (C=O) groups is 1. The van der Waals surface area contributed by atoms with E-state index in [1.807, 2.05) is 55.2 Å². The Hall–Kier alpha value is -2.25. The van der Waals surface area contributed by atoms with Crippen LogP contribution in [-0.2, 0) is 4.79 Å². The van der Waals surface area contributed by atoms with Gasteiger partial charge in [-0.3, -0.25) is 9.89 Å². The smallest absolute Gasteiger partial charge is 0.235 e. The number of hydrogen-bond acceptors (Lipinski definition) is 4. The molecule has 0 unspecified atom stereocenters. The zero-order valence-electron chi connectivity index (χ0n) is 14.4. The molecule has 1 amide bonds. The molecule has 8 heteroatoms. The Morgan fingerprint density at radius 3 is 2.73 bits per heavy atom. The van der Waals surface area contributed by atoms with Gasteiger partial charge in [0.25, 0.3) is 0 Å². The fourth-order valence-electron chi connectivity index (χ4n) is 3.10. The molecule has 1 aliphatic heterocycles. The van der Waals surface area contributed by atoms with Gasteiger partial charge in [0.05, 0.1) is 29.1 Å². The number of halogens is 1. The largest absolute Gasteiger partial charge is 0.310 e. The summed E-state index contributed by atoms with van der Waals surface area (Å²) in [5.74, 6) is 1.13.